The molecule has 1 aromatic carbocycles. The number of nitrogens with one attached hydrogen (secondary N) is 1. The van der Waals surface area contributed by atoms with Crippen LogP contribution < -0.4 is 10.1 Å². The van der Waals surface area contributed by atoms with Gasteiger partial charge < -0.3 is 29.7 Å². The lowest BCUT2D eigenvalue weighted by atomic mass is 9.88. The molecule has 2 aliphatic rings. The maximum atomic E-state index is 14.2. The Bertz CT molecular complexity index is 1130. The zero-order chi connectivity index (χ0) is 33.1. The molecule has 1 aliphatic carbocycles. The van der Waals surface area contributed by atoms with Gasteiger partial charge in [-0.05, 0) is 64.2 Å². The lowest BCUT2D eigenvalue weighted by Crippen LogP contribution is -2.48. The minimum Gasteiger partial charge on any atom is -0.490 e. The number of hydrogen-bond donors (Lipinski definition) is 2. The summed E-state index contributed by atoms with van der Waals surface area (Å²) in [5, 5.41) is 13.1. The highest BCUT2D eigenvalue weighted by molar-refractivity contribution is 6.00. The van der Waals surface area contributed by atoms with Gasteiger partial charge >= 0.3 is 6.18 Å². The molecule has 0 spiro atoms. The Morgan fingerprint density at radius 2 is 1.80 bits per heavy atom. The van der Waals surface area contributed by atoms with Crippen molar-refractivity contribution < 1.29 is 42.1 Å². The number of amides is 3. The molecule has 0 aromatic heterocycles. The van der Waals surface area contributed by atoms with E-state index in [4.69, 9.17) is 9.47 Å². The van der Waals surface area contributed by atoms with Crippen molar-refractivity contribution in [1.82, 2.24) is 9.80 Å². The highest BCUT2D eigenvalue weighted by atomic mass is 19.4. The Labute approximate surface area is 264 Å². The molecule has 9 nitrogen and oxygen atoms in total. The number of nitrogens with zero attached hydrogens (tertiary/aromatic N) is 2. The van der Waals surface area contributed by atoms with E-state index in [1.165, 1.54) is 16.8 Å². The van der Waals surface area contributed by atoms with Gasteiger partial charge in [0.05, 0.1) is 36.8 Å². The molecule has 45 heavy (non-hydrogen) atoms. The number of rotatable bonds is 8. The second-order valence-corrected chi connectivity index (χ2v) is 12.7. The number of carbonyl (C=O) groups is 3. The Hall–Kier alpha value is -2.86. The summed E-state index contributed by atoms with van der Waals surface area (Å²) in [6.07, 6.45) is -0.0793. The van der Waals surface area contributed by atoms with Crippen molar-refractivity contribution in [2.24, 2.45) is 11.8 Å². The number of alkyl halides is 3. The van der Waals surface area contributed by atoms with E-state index >= 15 is 0 Å². The highest BCUT2D eigenvalue weighted by Gasteiger charge is 2.33. The molecule has 254 valence electrons. The number of fused-ring (bicyclic) bond motifs is 1. The Morgan fingerprint density at radius 1 is 1.11 bits per heavy atom. The fourth-order valence-electron chi connectivity index (χ4n) is 5.88. The van der Waals surface area contributed by atoms with Crippen LogP contribution in [0.2, 0.25) is 0 Å². The first-order valence-corrected chi connectivity index (χ1v) is 16.2. The normalized spacial score (nSPS) is 23.3. The minimum atomic E-state index is -4.43. The maximum Gasteiger partial charge on any atom is 0.389 e. The maximum absolute atomic E-state index is 14.2. The van der Waals surface area contributed by atoms with E-state index in [9.17, 15) is 32.7 Å². The predicted molar refractivity (Wildman–Crippen MR) is 165 cm³/mol. The summed E-state index contributed by atoms with van der Waals surface area (Å²) in [5.74, 6) is -1.14. The van der Waals surface area contributed by atoms with Crippen molar-refractivity contribution >= 4 is 23.4 Å². The van der Waals surface area contributed by atoms with Gasteiger partial charge in [0, 0.05) is 50.7 Å². The van der Waals surface area contributed by atoms with Crippen LogP contribution in [0.5, 0.6) is 5.75 Å². The van der Waals surface area contributed by atoms with Gasteiger partial charge in [-0.1, -0.05) is 26.2 Å². The monoisotopic (exact) mass is 641 g/mol. The molecule has 0 radical (unpaired) electrons. The number of halogens is 3. The summed E-state index contributed by atoms with van der Waals surface area (Å²) in [4.78, 5) is 42.5. The van der Waals surface area contributed by atoms with Gasteiger partial charge in [0.2, 0.25) is 11.8 Å². The van der Waals surface area contributed by atoms with Gasteiger partial charge in [0.15, 0.2) is 0 Å². The van der Waals surface area contributed by atoms with Crippen LogP contribution in [0.3, 0.4) is 0 Å². The zero-order valence-corrected chi connectivity index (χ0v) is 27.0. The average Bonchev–Trinajstić information content (AvgIpc) is 3.01. The molecule has 0 saturated heterocycles. The molecule has 12 heteroatoms. The average molecular weight is 642 g/mol. The number of aliphatic hydroxyl groups excluding tert-OH is 1. The molecule has 0 unspecified atom stereocenters. The summed E-state index contributed by atoms with van der Waals surface area (Å²) in [6, 6.07) is 4.47. The molecule has 3 amide bonds. The van der Waals surface area contributed by atoms with Crippen molar-refractivity contribution in [3.05, 3.63) is 23.8 Å². The van der Waals surface area contributed by atoms with Crippen LogP contribution in [0.25, 0.3) is 0 Å². The largest absolute Gasteiger partial charge is 0.490 e. The van der Waals surface area contributed by atoms with E-state index in [0.29, 0.717) is 30.9 Å². The van der Waals surface area contributed by atoms with Crippen molar-refractivity contribution in [3.8, 4) is 5.75 Å². The third kappa shape index (κ3) is 11.5. The lowest BCUT2D eigenvalue weighted by Gasteiger charge is -2.36. The third-order valence-corrected chi connectivity index (χ3v) is 8.80. The summed E-state index contributed by atoms with van der Waals surface area (Å²) >= 11 is 0. The number of benzene rings is 1. The van der Waals surface area contributed by atoms with Gasteiger partial charge in [-0.2, -0.15) is 13.2 Å². The first kappa shape index (κ1) is 36.6. The summed E-state index contributed by atoms with van der Waals surface area (Å²) in [7, 11) is 1.46. The number of ether oxygens (including phenoxy) is 2. The smallest absolute Gasteiger partial charge is 0.389 e. The van der Waals surface area contributed by atoms with Crippen molar-refractivity contribution in [3.63, 3.8) is 0 Å². The van der Waals surface area contributed by atoms with E-state index in [-0.39, 0.29) is 49.1 Å². The van der Waals surface area contributed by atoms with Crippen LogP contribution in [-0.4, -0.2) is 90.4 Å². The molecule has 1 aliphatic heterocycles. The molecule has 4 atom stereocenters. The number of aliphatic hydroxyl groups is 1. The number of likely N-dealkylation sites (N-methyl/N-ethyl adjacent to an activating group) is 1. The van der Waals surface area contributed by atoms with E-state index in [1.54, 1.807) is 25.1 Å². The number of hydrogen-bond acceptors (Lipinski definition) is 6. The van der Waals surface area contributed by atoms with Crippen LogP contribution in [0.15, 0.2) is 18.2 Å². The SMILES string of the molecule is C[C@@H]1CN([C@@H](C)CO)C(=O)c2cc(NC(=O)C3CCCCC3)ccc2O[C@@H](C)CCCCO[C@H]1CN(C)C(=O)CCC(F)(F)F. The molecule has 1 aromatic rings. The van der Waals surface area contributed by atoms with Crippen LogP contribution in [0, 0.1) is 11.8 Å². The van der Waals surface area contributed by atoms with Gasteiger partial charge in [0.1, 0.15) is 5.75 Å². The Kier molecular flexibility index (Phi) is 14.0. The highest BCUT2D eigenvalue weighted by Crippen LogP contribution is 2.30. The first-order valence-electron chi connectivity index (χ1n) is 16.2. The van der Waals surface area contributed by atoms with Gasteiger partial charge in [0.25, 0.3) is 5.91 Å². The summed E-state index contributed by atoms with van der Waals surface area (Å²) in [6.45, 7) is 5.75. The van der Waals surface area contributed by atoms with E-state index in [0.717, 1.165) is 38.5 Å². The van der Waals surface area contributed by atoms with Crippen LogP contribution in [0.4, 0.5) is 18.9 Å². The minimum absolute atomic E-state index is 0.0564. The topological polar surface area (TPSA) is 108 Å². The fourth-order valence-corrected chi connectivity index (χ4v) is 5.88. The summed E-state index contributed by atoms with van der Waals surface area (Å²) in [5.41, 5.74) is 0.740. The lowest BCUT2D eigenvalue weighted by molar-refractivity contribution is -0.149. The first-order chi connectivity index (χ1) is 21.3. The van der Waals surface area contributed by atoms with Gasteiger partial charge in [-0.25, -0.2) is 0 Å². The van der Waals surface area contributed by atoms with Crippen LogP contribution in [0.1, 0.15) is 95.3 Å². The van der Waals surface area contributed by atoms with E-state index in [2.05, 4.69) is 5.32 Å². The molecule has 1 heterocycles. The van der Waals surface area contributed by atoms with Crippen LogP contribution >= 0.6 is 0 Å². The Morgan fingerprint density at radius 3 is 2.47 bits per heavy atom. The molecule has 1 fully saturated rings. The molecule has 3 rings (SSSR count). The van der Waals surface area contributed by atoms with Crippen molar-refractivity contribution in [2.75, 3.05) is 38.7 Å². The molecular weight excluding hydrogens is 591 g/mol. The standard InChI is InChI=1S/C33H50F3N3O6/c1-22-19-39(23(2)21-40)32(43)27-18-26(37-31(42)25-11-6-5-7-12-25)13-14-28(27)45-24(3)10-8-9-17-44-29(22)20-38(4)30(41)15-16-33(34,35)36/h13-14,18,22-25,29,40H,5-12,15-17,19-21H2,1-4H3,(H,37,42)/t22-,23+,24+,29+/m1/s1. The second kappa shape index (κ2) is 17.2. The predicted octanol–water partition coefficient (Wildman–Crippen LogP) is 5.80. The Balaban J connectivity index is 1.88. The molecule has 0 bridgehead atoms. The number of carbonyl (C=O) groups excluding carboxylic acids is 3. The number of anilines is 1. The van der Waals surface area contributed by atoms with Crippen LogP contribution in [-0.2, 0) is 14.3 Å². The van der Waals surface area contributed by atoms with Crippen molar-refractivity contribution in [1.29, 1.82) is 0 Å². The molecular formula is C33H50F3N3O6. The molecule has 1 saturated carbocycles. The van der Waals surface area contributed by atoms with Crippen molar-refractivity contribution in [2.45, 2.75) is 109 Å². The molecule has 2 N–H and O–H groups in total. The summed E-state index contributed by atoms with van der Waals surface area (Å²) < 4.78 is 50.6. The zero-order valence-electron chi connectivity index (χ0n) is 27.0. The fraction of sp³-hybridized carbons (Fsp3) is 0.727. The third-order valence-electron chi connectivity index (χ3n) is 8.80. The quantitative estimate of drug-likeness (QED) is 0.372. The van der Waals surface area contributed by atoms with Gasteiger partial charge in [-0.3, -0.25) is 14.4 Å². The van der Waals surface area contributed by atoms with E-state index in [1.807, 2.05) is 13.8 Å². The van der Waals surface area contributed by atoms with E-state index < -0.39 is 43.0 Å². The second-order valence-electron chi connectivity index (χ2n) is 12.7. The van der Waals surface area contributed by atoms with Gasteiger partial charge in [-0.15, -0.1) is 0 Å².